The maximum Gasteiger partial charge on any atom is 0.295 e. The molecule has 1 amide bonds. The first-order chi connectivity index (χ1) is 8.72. The van der Waals surface area contributed by atoms with Gasteiger partial charge in [-0.05, 0) is 6.07 Å². The van der Waals surface area contributed by atoms with E-state index in [4.69, 9.17) is 4.84 Å². The maximum atomic E-state index is 11.9. The van der Waals surface area contributed by atoms with Gasteiger partial charge < -0.3 is 0 Å². The molecule has 0 saturated heterocycles. The third-order valence-corrected chi connectivity index (χ3v) is 2.52. The van der Waals surface area contributed by atoms with Gasteiger partial charge in [0.1, 0.15) is 12.0 Å². The van der Waals surface area contributed by atoms with Crippen LogP contribution in [0.5, 0.6) is 0 Å². The predicted octanol–water partition coefficient (Wildman–Crippen LogP) is 1.78. The van der Waals surface area contributed by atoms with Crippen molar-refractivity contribution in [1.29, 1.82) is 0 Å². The standard InChI is InChI=1S/C13H13N3O2/c1-16(18-2)13(17)12-8-11(14-9-15-12)10-6-4-3-5-7-10/h3-9H,1-2H3. The summed E-state index contributed by atoms with van der Waals surface area (Å²) >= 11 is 0. The zero-order valence-electron chi connectivity index (χ0n) is 10.2. The van der Waals surface area contributed by atoms with Gasteiger partial charge in [-0.1, -0.05) is 30.3 Å². The van der Waals surface area contributed by atoms with Gasteiger partial charge in [0.25, 0.3) is 5.91 Å². The molecule has 2 aromatic rings. The van der Waals surface area contributed by atoms with Crippen LogP contribution in [0.1, 0.15) is 10.5 Å². The van der Waals surface area contributed by atoms with Crippen molar-refractivity contribution in [2.45, 2.75) is 0 Å². The number of amides is 1. The number of hydrogen-bond acceptors (Lipinski definition) is 4. The molecule has 0 atom stereocenters. The number of carbonyl (C=O) groups is 1. The van der Waals surface area contributed by atoms with Crippen molar-refractivity contribution in [2.24, 2.45) is 0 Å². The van der Waals surface area contributed by atoms with E-state index in [-0.39, 0.29) is 5.91 Å². The fraction of sp³-hybridized carbons (Fsp3) is 0.154. The van der Waals surface area contributed by atoms with E-state index in [2.05, 4.69) is 9.97 Å². The van der Waals surface area contributed by atoms with E-state index >= 15 is 0 Å². The molecule has 0 fully saturated rings. The third kappa shape index (κ3) is 2.52. The van der Waals surface area contributed by atoms with Gasteiger partial charge in [0, 0.05) is 12.6 Å². The van der Waals surface area contributed by atoms with Crippen LogP contribution >= 0.6 is 0 Å². The third-order valence-electron chi connectivity index (χ3n) is 2.52. The Kier molecular flexibility index (Phi) is 3.64. The summed E-state index contributed by atoms with van der Waals surface area (Å²) in [5, 5.41) is 1.12. The van der Waals surface area contributed by atoms with Gasteiger partial charge >= 0.3 is 0 Å². The van der Waals surface area contributed by atoms with Crippen LogP contribution in [0.2, 0.25) is 0 Å². The highest BCUT2D eigenvalue weighted by atomic mass is 16.7. The molecule has 2 rings (SSSR count). The summed E-state index contributed by atoms with van der Waals surface area (Å²) in [5.41, 5.74) is 1.95. The molecule has 0 aliphatic carbocycles. The number of nitrogens with zero attached hydrogens (tertiary/aromatic N) is 3. The average molecular weight is 243 g/mol. The van der Waals surface area contributed by atoms with E-state index in [0.717, 1.165) is 10.6 Å². The summed E-state index contributed by atoms with van der Waals surface area (Å²) in [6.07, 6.45) is 1.37. The normalized spacial score (nSPS) is 10.1. The summed E-state index contributed by atoms with van der Waals surface area (Å²) in [4.78, 5) is 24.8. The number of aromatic nitrogens is 2. The molecule has 0 N–H and O–H groups in total. The Bertz CT molecular complexity index is 543. The molecule has 5 heteroatoms. The van der Waals surface area contributed by atoms with Crippen LogP contribution in [0.3, 0.4) is 0 Å². The molecule has 0 unspecified atom stereocenters. The maximum absolute atomic E-state index is 11.9. The number of benzene rings is 1. The first kappa shape index (κ1) is 12.2. The molecule has 0 bridgehead atoms. The highest BCUT2D eigenvalue weighted by molar-refractivity contribution is 5.92. The molecule has 0 aliphatic heterocycles. The lowest BCUT2D eigenvalue weighted by atomic mass is 10.1. The monoisotopic (exact) mass is 243 g/mol. The van der Waals surface area contributed by atoms with Gasteiger partial charge in [-0.15, -0.1) is 0 Å². The fourth-order valence-electron chi connectivity index (χ4n) is 1.49. The lowest BCUT2D eigenvalue weighted by Gasteiger charge is -2.12. The van der Waals surface area contributed by atoms with Crippen LogP contribution in [0.15, 0.2) is 42.7 Å². The second kappa shape index (κ2) is 5.37. The van der Waals surface area contributed by atoms with Gasteiger partial charge in [0.2, 0.25) is 0 Å². The predicted molar refractivity (Wildman–Crippen MR) is 66.6 cm³/mol. The summed E-state index contributed by atoms with van der Waals surface area (Å²) in [7, 11) is 2.96. The number of hydrogen-bond donors (Lipinski definition) is 0. The molecule has 0 radical (unpaired) electrons. The zero-order chi connectivity index (χ0) is 13.0. The summed E-state index contributed by atoms with van der Waals surface area (Å²) in [6, 6.07) is 11.3. The van der Waals surface area contributed by atoms with Gasteiger partial charge in [0.15, 0.2) is 0 Å². The number of hydroxylamine groups is 2. The van der Waals surface area contributed by atoms with E-state index in [1.165, 1.54) is 20.5 Å². The van der Waals surface area contributed by atoms with Gasteiger partial charge in [-0.2, -0.15) is 0 Å². The van der Waals surface area contributed by atoms with Crippen LogP contribution in [0.25, 0.3) is 11.3 Å². The molecule has 1 aromatic carbocycles. The lowest BCUT2D eigenvalue weighted by Crippen LogP contribution is -2.26. The van der Waals surface area contributed by atoms with Crippen LogP contribution in [-0.4, -0.2) is 35.1 Å². The molecule has 0 aliphatic rings. The van der Waals surface area contributed by atoms with Crippen molar-refractivity contribution >= 4 is 5.91 Å². The summed E-state index contributed by atoms with van der Waals surface area (Å²) in [5.74, 6) is -0.308. The molecule has 1 aromatic heterocycles. The Morgan fingerprint density at radius 2 is 1.94 bits per heavy atom. The van der Waals surface area contributed by atoms with Gasteiger partial charge in [-0.25, -0.2) is 15.0 Å². The molecule has 92 valence electrons. The van der Waals surface area contributed by atoms with Crippen molar-refractivity contribution in [1.82, 2.24) is 15.0 Å². The van der Waals surface area contributed by atoms with E-state index in [0.29, 0.717) is 11.4 Å². The first-order valence-electron chi connectivity index (χ1n) is 5.42. The van der Waals surface area contributed by atoms with Gasteiger partial charge in [0.05, 0.1) is 12.8 Å². The molecule has 0 spiro atoms. The largest absolute Gasteiger partial charge is 0.295 e. The highest BCUT2D eigenvalue weighted by Gasteiger charge is 2.14. The number of rotatable bonds is 3. The first-order valence-corrected chi connectivity index (χ1v) is 5.42. The second-order valence-electron chi connectivity index (χ2n) is 3.64. The van der Waals surface area contributed by atoms with Crippen LogP contribution in [0, 0.1) is 0 Å². The minimum atomic E-state index is -0.308. The Balaban J connectivity index is 2.34. The van der Waals surface area contributed by atoms with Crippen molar-refractivity contribution < 1.29 is 9.63 Å². The zero-order valence-corrected chi connectivity index (χ0v) is 10.2. The van der Waals surface area contributed by atoms with Crippen molar-refractivity contribution in [3.63, 3.8) is 0 Å². The molecule has 5 nitrogen and oxygen atoms in total. The SMILES string of the molecule is CON(C)C(=O)c1cc(-c2ccccc2)ncn1. The van der Waals surface area contributed by atoms with Crippen molar-refractivity contribution in [3.05, 3.63) is 48.4 Å². The van der Waals surface area contributed by atoms with Crippen molar-refractivity contribution in [3.8, 4) is 11.3 Å². The Hall–Kier alpha value is -2.27. The summed E-state index contributed by atoms with van der Waals surface area (Å²) < 4.78 is 0. The van der Waals surface area contributed by atoms with E-state index in [1.54, 1.807) is 6.07 Å². The fourth-order valence-corrected chi connectivity index (χ4v) is 1.49. The minimum Gasteiger partial charge on any atom is -0.274 e. The van der Waals surface area contributed by atoms with Crippen LogP contribution < -0.4 is 0 Å². The smallest absolute Gasteiger partial charge is 0.274 e. The Morgan fingerprint density at radius 3 is 2.61 bits per heavy atom. The Morgan fingerprint density at radius 1 is 1.22 bits per heavy atom. The second-order valence-corrected chi connectivity index (χ2v) is 3.64. The topological polar surface area (TPSA) is 55.3 Å². The van der Waals surface area contributed by atoms with Crippen LogP contribution in [0.4, 0.5) is 0 Å². The molecule has 18 heavy (non-hydrogen) atoms. The van der Waals surface area contributed by atoms with E-state index in [1.807, 2.05) is 30.3 Å². The molecular formula is C13H13N3O2. The Labute approximate surface area is 105 Å². The minimum absolute atomic E-state index is 0.299. The quantitative estimate of drug-likeness (QED) is 0.771. The van der Waals surface area contributed by atoms with E-state index < -0.39 is 0 Å². The molecule has 0 saturated carbocycles. The molecular weight excluding hydrogens is 230 g/mol. The summed E-state index contributed by atoms with van der Waals surface area (Å²) in [6.45, 7) is 0. The molecule has 1 heterocycles. The lowest BCUT2D eigenvalue weighted by molar-refractivity contribution is -0.0760. The highest BCUT2D eigenvalue weighted by Crippen LogP contribution is 2.16. The van der Waals surface area contributed by atoms with Crippen molar-refractivity contribution in [2.75, 3.05) is 14.2 Å². The van der Waals surface area contributed by atoms with Crippen LogP contribution in [-0.2, 0) is 4.84 Å². The number of carbonyl (C=O) groups excluding carboxylic acids is 1. The van der Waals surface area contributed by atoms with Gasteiger partial charge in [-0.3, -0.25) is 9.63 Å². The van der Waals surface area contributed by atoms with E-state index in [9.17, 15) is 4.79 Å². The average Bonchev–Trinajstić information content (AvgIpc) is 2.46.